The molecule has 1 saturated heterocycles. The van der Waals surface area contributed by atoms with E-state index in [2.05, 4.69) is 17.1 Å². The van der Waals surface area contributed by atoms with Crippen LogP contribution in [0.2, 0.25) is 0 Å². The van der Waals surface area contributed by atoms with E-state index in [1.165, 1.54) is 0 Å². The van der Waals surface area contributed by atoms with E-state index in [-0.39, 0.29) is 17.9 Å². The molecule has 5 heteroatoms. The first kappa shape index (κ1) is 14.8. The van der Waals surface area contributed by atoms with Crippen molar-refractivity contribution in [1.29, 1.82) is 0 Å². The van der Waals surface area contributed by atoms with E-state index in [0.29, 0.717) is 12.5 Å². The van der Waals surface area contributed by atoms with Crippen LogP contribution in [0.4, 0.5) is 0 Å². The number of hydrogen-bond acceptors (Lipinski definition) is 4. The fourth-order valence-corrected chi connectivity index (χ4v) is 3.23. The van der Waals surface area contributed by atoms with Gasteiger partial charge in [-0.15, -0.1) is 0 Å². The molecule has 3 atom stereocenters. The minimum Gasteiger partial charge on any atom is -0.379 e. The number of ether oxygens (including phenoxy) is 1. The molecule has 2 rings (SSSR count). The molecular formula is C14H27N3O2. The van der Waals surface area contributed by atoms with Gasteiger partial charge in [0.2, 0.25) is 5.91 Å². The summed E-state index contributed by atoms with van der Waals surface area (Å²) in [5.74, 6) is 0.724. The molecule has 1 heterocycles. The molecule has 19 heavy (non-hydrogen) atoms. The van der Waals surface area contributed by atoms with E-state index >= 15 is 0 Å². The summed E-state index contributed by atoms with van der Waals surface area (Å²) in [6.45, 7) is 7.17. The summed E-state index contributed by atoms with van der Waals surface area (Å²) in [6.07, 6.45) is 3.24. The molecule has 1 aliphatic carbocycles. The van der Waals surface area contributed by atoms with E-state index in [0.717, 1.165) is 52.1 Å². The van der Waals surface area contributed by atoms with E-state index in [9.17, 15) is 4.79 Å². The van der Waals surface area contributed by atoms with Gasteiger partial charge >= 0.3 is 0 Å². The zero-order valence-electron chi connectivity index (χ0n) is 11.9. The van der Waals surface area contributed by atoms with Crippen molar-refractivity contribution in [1.82, 2.24) is 10.2 Å². The molecule has 1 unspecified atom stereocenters. The molecule has 1 saturated carbocycles. The first-order valence-electron chi connectivity index (χ1n) is 7.51. The van der Waals surface area contributed by atoms with Crippen LogP contribution in [-0.4, -0.2) is 56.2 Å². The molecule has 0 aromatic heterocycles. The van der Waals surface area contributed by atoms with Gasteiger partial charge in [-0.2, -0.15) is 0 Å². The minimum atomic E-state index is 0.136. The number of hydrogen-bond donors (Lipinski definition) is 2. The number of nitrogens with zero attached hydrogens (tertiary/aromatic N) is 1. The Kier molecular flexibility index (Phi) is 5.60. The van der Waals surface area contributed by atoms with Gasteiger partial charge < -0.3 is 15.8 Å². The SMILES string of the molecule is CC(CN1CCOCC1)NC(=O)[C@@H]1CCC[C@@H]1CN. The van der Waals surface area contributed by atoms with Crippen LogP contribution in [0.1, 0.15) is 26.2 Å². The Labute approximate surface area is 115 Å². The fourth-order valence-electron chi connectivity index (χ4n) is 3.23. The third-order valence-electron chi connectivity index (χ3n) is 4.32. The molecule has 0 bridgehead atoms. The second-order valence-electron chi connectivity index (χ2n) is 5.86. The number of carbonyl (C=O) groups is 1. The second-order valence-corrected chi connectivity index (χ2v) is 5.86. The average molecular weight is 269 g/mol. The molecule has 5 nitrogen and oxygen atoms in total. The quantitative estimate of drug-likeness (QED) is 0.748. The van der Waals surface area contributed by atoms with Crippen molar-refractivity contribution in [3.8, 4) is 0 Å². The highest BCUT2D eigenvalue weighted by molar-refractivity contribution is 5.79. The predicted molar refractivity (Wildman–Crippen MR) is 74.7 cm³/mol. The molecular weight excluding hydrogens is 242 g/mol. The predicted octanol–water partition coefficient (Wildman–Crippen LogP) is 0.198. The number of carbonyl (C=O) groups excluding carboxylic acids is 1. The van der Waals surface area contributed by atoms with Crippen LogP contribution in [-0.2, 0) is 9.53 Å². The zero-order valence-corrected chi connectivity index (χ0v) is 11.9. The third kappa shape index (κ3) is 4.16. The maximum absolute atomic E-state index is 12.3. The Bertz CT molecular complexity index is 292. The monoisotopic (exact) mass is 269 g/mol. The standard InChI is InChI=1S/C14H27N3O2/c1-11(10-17-5-7-19-8-6-17)16-14(18)13-4-2-3-12(13)9-15/h11-13H,2-10,15H2,1H3,(H,16,18)/t11?,12-,13-/m1/s1. The highest BCUT2D eigenvalue weighted by Crippen LogP contribution is 2.31. The lowest BCUT2D eigenvalue weighted by molar-refractivity contribution is -0.126. The van der Waals surface area contributed by atoms with Crippen LogP contribution >= 0.6 is 0 Å². The van der Waals surface area contributed by atoms with Gasteiger partial charge in [0.25, 0.3) is 0 Å². The van der Waals surface area contributed by atoms with Gasteiger partial charge in [-0.05, 0) is 32.2 Å². The summed E-state index contributed by atoms with van der Waals surface area (Å²) in [7, 11) is 0. The summed E-state index contributed by atoms with van der Waals surface area (Å²) in [5, 5.41) is 3.16. The Hall–Kier alpha value is -0.650. The van der Waals surface area contributed by atoms with Gasteiger partial charge in [-0.25, -0.2) is 0 Å². The maximum atomic E-state index is 12.3. The summed E-state index contributed by atoms with van der Waals surface area (Å²) >= 11 is 0. The van der Waals surface area contributed by atoms with Crippen molar-refractivity contribution in [3.63, 3.8) is 0 Å². The maximum Gasteiger partial charge on any atom is 0.223 e. The van der Waals surface area contributed by atoms with Gasteiger partial charge in [-0.3, -0.25) is 9.69 Å². The number of rotatable bonds is 5. The van der Waals surface area contributed by atoms with Gasteiger partial charge in [0.1, 0.15) is 0 Å². The van der Waals surface area contributed by atoms with E-state index in [1.54, 1.807) is 0 Å². The molecule has 0 aromatic carbocycles. The van der Waals surface area contributed by atoms with Crippen LogP contribution < -0.4 is 11.1 Å². The Morgan fingerprint density at radius 1 is 1.42 bits per heavy atom. The number of nitrogens with one attached hydrogen (secondary N) is 1. The van der Waals surface area contributed by atoms with Crippen molar-refractivity contribution >= 4 is 5.91 Å². The zero-order chi connectivity index (χ0) is 13.7. The highest BCUT2D eigenvalue weighted by atomic mass is 16.5. The van der Waals surface area contributed by atoms with Crippen molar-refractivity contribution < 1.29 is 9.53 Å². The normalized spacial score (nSPS) is 30.2. The van der Waals surface area contributed by atoms with Crippen molar-refractivity contribution in [3.05, 3.63) is 0 Å². The van der Waals surface area contributed by atoms with Gasteiger partial charge in [0.15, 0.2) is 0 Å². The average Bonchev–Trinajstić information content (AvgIpc) is 2.88. The minimum absolute atomic E-state index is 0.136. The molecule has 0 spiro atoms. The van der Waals surface area contributed by atoms with Crippen LogP contribution in [0.3, 0.4) is 0 Å². The Morgan fingerprint density at radius 2 is 2.16 bits per heavy atom. The molecule has 3 N–H and O–H groups in total. The van der Waals surface area contributed by atoms with Gasteiger partial charge in [-0.1, -0.05) is 6.42 Å². The molecule has 2 fully saturated rings. The number of morpholine rings is 1. The van der Waals surface area contributed by atoms with E-state index < -0.39 is 0 Å². The van der Waals surface area contributed by atoms with Crippen LogP contribution in [0, 0.1) is 11.8 Å². The van der Waals surface area contributed by atoms with E-state index in [4.69, 9.17) is 10.5 Å². The number of nitrogens with two attached hydrogens (primary N) is 1. The fraction of sp³-hybridized carbons (Fsp3) is 0.929. The van der Waals surface area contributed by atoms with Crippen molar-refractivity contribution in [2.45, 2.75) is 32.2 Å². The van der Waals surface area contributed by atoms with Crippen LogP contribution in [0.5, 0.6) is 0 Å². The summed E-state index contributed by atoms with van der Waals surface area (Å²) in [4.78, 5) is 14.6. The molecule has 1 aliphatic heterocycles. The van der Waals surface area contributed by atoms with Gasteiger partial charge in [0, 0.05) is 31.6 Å². The lowest BCUT2D eigenvalue weighted by atomic mass is 9.95. The van der Waals surface area contributed by atoms with Crippen molar-refractivity contribution in [2.75, 3.05) is 39.4 Å². The van der Waals surface area contributed by atoms with E-state index in [1.807, 2.05) is 0 Å². The summed E-state index contributed by atoms with van der Waals surface area (Å²) in [5.41, 5.74) is 5.74. The smallest absolute Gasteiger partial charge is 0.223 e. The van der Waals surface area contributed by atoms with Crippen LogP contribution in [0.15, 0.2) is 0 Å². The molecule has 110 valence electrons. The summed E-state index contributed by atoms with van der Waals surface area (Å²) in [6, 6.07) is 0.199. The second kappa shape index (κ2) is 7.22. The molecule has 0 aromatic rings. The molecule has 1 amide bonds. The van der Waals surface area contributed by atoms with Crippen LogP contribution in [0.25, 0.3) is 0 Å². The summed E-state index contributed by atoms with van der Waals surface area (Å²) < 4.78 is 5.33. The first-order chi connectivity index (χ1) is 9.20. The lowest BCUT2D eigenvalue weighted by Gasteiger charge is -2.30. The Morgan fingerprint density at radius 3 is 2.84 bits per heavy atom. The highest BCUT2D eigenvalue weighted by Gasteiger charge is 2.32. The largest absolute Gasteiger partial charge is 0.379 e. The number of amides is 1. The lowest BCUT2D eigenvalue weighted by Crippen LogP contribution is -2.48. The van der Waals surface area contributed by atoms with Gasteiger partial charge in [0.05, 0.1) is 13.2 Å². The van der Waals surface area contributed by atoms with Crippen molar-refractivity contribution in [2.24, 2.45) is 17.6 Å². The molecule has 0 radical (unpaired) electrons. The third-order valence-corrected chi connectivity index (χ3v) is 4.32. The first-order valence-corrected chi connectivity index (χ1v) is 7.51. The topological polar surface area (TPSA) is 67.6 Å². The Balaban J connectivity index is 1.74. The molecule has 2 aliphatic rings.